The molecule has 1 atom stereocenters. The van der Waals surface area contributed by atoms with Crippen molar-refractivity contribution < 1.29 is 0 Å². The second-order valence-corrected chi connectivity index (χ2v) is 4.82. The molecule has 0 saturated carbocycles. The number of nitrogens with zero attached hydrogens (tertiary/aromatic N) is 4. The van der Waals surface area contributed by atoms with Crippen LogP contribution in [0, 0.1) is 24.2 Å². The molecule has 1 fully saturated rings. The van der Waals surface area contributed by atoms with Gasteiger partial charge >= 0.3 is 0 Å². The lowest BCUT2D eigenvalue weighted by molar-refractivity contribution is 0.399. The van der Waals surface area contributed by atoms with Crippen molar-refractivity contribution in [2.24, 2.45) is 5.92 Å². The first-order chi connectivity index (χ1) is 8.72. The highest BCUT2D eigenvalue weighted by Crippen LogP contribution is 2.20. The molecule has 1 aliphatic rings. The van der Waals surface area contributed by atoms with Crippen molar-refractivity contribution in [1.82, 2.24) is 15.3 Å². The topological polar surface area (TPSA) is 64.8 Å². The van der Waals surface area contributed by atoms with Gasteiger partial charge in [0.2, 0.25) is 5.95 Å². The number of anilines is 1. The maximum atomic E-state index is 8.95. The smallest absolute Gasteiger partial charge is 0.226 e. The van der Waals surface area contributed by atoms with E-state index in [4.69, 9.17) is 5.26 Å². The van der Waals surface area contributed by atoms with Crippen molar-refractivity contribution in [1.29, 1.82) is 5.26 Å². The summed E-state index contributed by atoms with van der Waals surface area (Å²) in [4.78, 5) is 10.9. The number of hydrogen-bond acceptors (Lipinski definition) is 5. The molecule has 1 aliphatic heterocycles. The van der Waals surface area contributed by atoms with Crippen LogP contribution in [0.2, 0.25) is 0 Å². The van der Waals surface area contributed by atoms with Crippen molar-refractivity contribution in [2.45, 2.75) is 19.8 Å². The van der Waals surface area contributed by atoms with Gasteiger partial charge in [0.25, 0.3) is 0 Å². The van der Waals surface area contributed by atoms with E-state index in [2.05, 4.69) is 26.3 Å². The van der Waals surface area contributed by atoms with Gasteiger partial charge in [-0.15, -0.1) is 0 Å². The monoisotopic (exact) mass is 245 g/mol. The Morgan fingerprint density at radius 1 is 1.56 bits per heavy atom. The first-order valence-corrected chi connectivity index (χ1v) is 6.38. The molecule has 96 valence electrons. The Kier molecular flexibility index (Phi) is 4.11. The maximum absolute atomic E-state index is 8.95. The summed E-state index contributed by atoms with van der Waals surface area (Å²) in [7, 11) is 1.98. The largest absolute Gasteiger partial charge is 0.340 e. The SMILES string of the molecule is CNCC1CCCN(c2nc(C)cc(C#N)n2)C1. The minimum absolute atomic E-state index is 0.452. The summed E-state index contributed by atoms with van der Waals surface area (Å²) in [6.07, 6.45) is 2.40. The molecule has 2 rings (SSSR count). The summed E-state index contributed by atoms with van der Waals surface area (Å²) in [5.74, 6) is 1.34. The fourth-order valence-corrected chi connectivity index (χ4v) is 2.45. The molecule has 5 heteroatoms. The maximum Gasteiger partial charge on any atom is 0.226 e. The third-order valence-corrected chi connectivity index (χ3v) is 3.25. The minimum atomic E-state index is 0.452. The van der Waals surface area contributed by atoms with Gasteiger partial charge in [0.1, 0.15) is 11.8 Å². The van der Waals surface area contributed by atoms with Crippen LogP contribution < -0.4 is 10.2 Å². The van der Waals surface area contributed by atoms with Gasteiger partial charge in [-0.3, -0.25) is 0 Å². The van der Waals surface area contributed by atoms with Crippen LogP contribution in [0.25, 0.3) is 0 Å². The van der Waals surface area contributed by atoms with Crippen LogP contribution in [0.5, 0.6) is 0 Å². The second-order valence-electron chi connectivity index (χ2n) is 4.82. The summed E-state index contributed by atoms with van der Waals surface area (Å²) in [5.41, 5.74) is 1.31. The Bertz CT molecular complexity index is 449. The zero-order valence-electron chi connectivity index (χ0n) is 11.0. The summed E-state index contributed by atoms with van der Waals surface area (Å²) < 4.78 is 0. The molecule has 1 unspecified atom stereocenters. The molecule has 1 N–H and O–H groups in total. The molecule has 0 bridgehead atoms. The van der Waals surface area contributed by atoms with E-state index >= 15 is 0 Å². The van der Waals surface area contributed by atoms with Gasteiger partial charge in [-0.05, 0) is 45.3 Å². The average Bonchev–Trinajstić information content (AvgIpc) is 2.39. The standard InChI is InChI=1S/C13H19N5/c1-10-6-12(7-14)17-13(16-10)18-5-3-4-11(9-18)8-15-2/h6,11,15H,3-5,8-9H2,1-2H3. The first kappa shape index (κ1) is 12.8. The Labute approximate surface area is 108 Å². The van der Waals surface area contributed by atoms with E-state index in [1.54, 1.807) is 6.07 Å². The Balaban J connectivity index is 2.15. The van der Waals surface area contributed by atoms with Crippen LogP contribution in [-0.4, -0.2) is 36.6 Å². The number of rotatable bonds is 3. The lowest BCUT2D eigenvalue weighted by Gasteiger charge is -2.32. The van der Waals surface area contributed by atoms with Crippen LogP contribution in [0.4, 0.5) is 5.95 Å². The highest BCUT2D eigenvalue weighted by atomic mass is 15.3. The average molecular weight is 245 g/mol. The van der Waals surface area contributed by atoms with E-state index in [-0.39, 0.29) is 0 Å². The molecule has 2 heterocycles. The number of hydrogen-bond donors (Lipinski definition) is 1. The Hall–Kier alpha value is -1.67. The van der Waals surface area contributed by atoms with Gasteiger partial charge in [-0.2, -0.15) is 5.26 Å². The number of nitrogens with one attached hydrogen (secondary N) is 1. The van der Waals surface area contributed by atoms with Crippen LogP contribution >= 0.6 is 0 Å². The van der Waals surface area contributed by atoms with E-state index in [9.17, 15) is 0 Å². The third-order valence-electron chi connectivity index (χ3n) is 3.25. The molecule has 1 aromatic heterocycles. The van der Waals surface area contributed by atoms with Gasteiger partial charge < -0.3 is 10.2 Å². The zero-order chi connectivity index (χ0) is 13.0. The zero-order valence-corrected chi connectivity index (χ0v) is 11.0. The summed E-state index contributed by atoms with van der Waals surface area (Å²) in [5, 5.41) is 12.2. The number of nitriles is 1. The molecular weight excluding hydrogens is 226 g/mol. The third kappa shape index (κ3) is 2.96. The molecule has 0 spiro atoms. The molecule has 5 nitrogen and oxygen atoms in total. The summed E-state index contributed by atoms with van der Waals surface area (Å²) in [6, 6.07) is 3.81. The molecular formula is C13H19N5. The molecule has 1 saturated heterocycles. The van der Waals surface area contributed by atoms with E-state index in [0.717, 1.165) is 31.7 Å². The molecule has 1 aromatic rings. The highest BCUT2D eigenvalue weighted by Gasteiger charge is 2.21. The highest BCUT2D eigenvalue weighted by molar-refractivity contribution is 5.36. The van der Waals surface area contributed by atoms with Gasteiger partial charge in [0.15, 0.2) is 0 Å². The predicted octanol–water partition coefficient (Wildman–Crippen LogP) is 1.09. The van der Waals surface area contributed by atoms with Crippen LogP contribution in [0.1, 0.15) is 24.2 Å². The lowest BCUT2D eigenvalue weighted by atomic mass is 9.98. The first-order valence-electron chi connectivity index (χ1n) is 6.38. The van der Waals surface area contributed by atoms with Crippen molar-refractivity contribution in [3.63, 3.8) is 0 Å². The van der Waals surface area contributed by atoms with Crippen LogP contribution in [0.3, 0.4) is 0 Å². The van der Waals surface area contributed by atoms with Gasteiger partial charge in [-0.25, -0.2) is 9.97 Å². The normalized spacial score (nSPS) is 19.6. The molecule has 0 aliphatic carbocycles. The van der Waals surface area contributed by atoms with Gasteiger partial charge in [0.05, 0.1) is 0 Å². The molecule has 0 aromatic carbocycles. The number of aryl methyl sites for hydroxylation is 1. The fraction of sp³-hybridized carbons (Fsp3) is 0.615. The molecule has 0 amide bonds. The van der Waals surface area contributed by atoms with Crippen molar-refractivity contribution in [2.75, 3.05) is 31.6 Å². The minimum Gasteiger partial charge on any atom is -0.340 e. The number of piperidine rings is 1. The van der Waals surface area contributed by atoms with Crippen molar-refractivity contribution >= 4 is 5.95 Å². The van der Waals surface area contributed by atoms with Gasteiger partial charge in [-0.1, -0.05) is 0 Å². The van der Waals surface area contributed by atoms with Crippen LogP contribution in [0.15, 0.2) is 6.07 Å². The number of aromatic nitrogens is 2. The molecule has 0 radical (unpaired) electrons. The van der Waals surface area contributed by atoms with E-state index in [1.807, 2.05) is 14.0 Å². The lowest BCUT2D eigenvalue weighted by Crippen LogP contribution is -2.40. The van der Waals surface area contributed by atoms with Gasteiger partial charge in [0, 0.05) is 18.8 Å². The Morgan fingerprint density at radius 3 is 3.11 bits per heavy atom. The summed E-state index contributed by atoms with van der Waals surface area (Å²) >= 11 is 0. The van der Waals surface area contributed by atoms with Crippen LogP contribution in [-0.2, 0) is 0 Å². The summed E-state index contributed by atoms with van der Waals surface area (Å²) in [6.45, 7) is 4.87. The van der Waals surface area contributed by atoms with E-state index < -0.39 is 0 Å². The predicted molar refractivity (Wildman–Crippen MR) is 70.3 cm³/mol. The Morgan fingerprint density at radius 2 is 2.39 bits per heavy atom. The fourth-order valence-electron chi connectivity index (χ4n) is 2.45. The van der Waals surface area contributed by atoms with E-state index in [0.29, 0.717) is 17.6 Å². The van der Waals surface area contributed by atoms with Crippen molar-refractivity contribution in [3.8, 4) is 6.07 Å². The van der Waals surface area contributed by atoms with Crippen molar-refractivity contribution in [3.05, 3.63) is 17.5 Å². The quantitative estimate of drug-likeness (QED) is 0.863. The molecule has 18 heavy (non-hydrogen) atoms. The second kappa shape index (κ2) is 5.78. The van der Waals surface area contributed by atoms with E-state index in [1.165, 1.54) is 6.42 Å².